The predicted molar refractivity (Wildman–Crippen MR) is 96.9 cm³/mol. The Labute approximate surface area is 137 Å². The fourth-order valence-electron chi connectivity index (χ4n) is 2.32. The van der Waals surface area contributed by atoms with Crippen LogP contribution >= 0.6 is 0 Å². The van der Waals surface area contributed by atoms with Gasteiger partial charge in [0, 0.05) is 6.54 Å². The Morgan fingerprint density at radius 2 is 1.36 bits per heavy atom. The summed E-state index contributed by atoms with van der Waals surface area (Å²) in [6.45, 7) is 2.96. The van der Waals surface area contributed by atoms with E-state index in [1.807, 2.05) is 0 Å². The van der Waals surface area contributed by atoms with E-state index in [1.54, 1.807) is 0 Å². The lowest BCUT2D eigenvalue weighted by Crippen LogP contribution is -2.29. The van der Waals surface area contributed by atoms with Crippen LogP contribution in [-0.2, 0) is 0 Å². The van der Waals surface area contributed by atoms with E-state index in [0.29, 0.717) is 6.54 Å². The molecular weight excluding hydrogens is 272 g/mol. The second kappa shape index (κ2) is 17.8. The molecule has 2 amide bonds. The van der Waals surface area contributed by atoms with E-state index in [9.17, 15) is 4.79 Å². The highest BCUT2D eigenvalue weighted by Crippen LogP contribution is 2.07. The Balaban J connectivity index is 3.15. The third-order valence-electron chi connectivity index (χ3n) is 3.68. The van der Waals surface area contributed by atoms with Gasteiger partial charge in [-0.05, 0) is 38.5 Å². The number of nitrogens with one attached hydrogen (secondary N) is 1. The third-order valence-corrected chi connectivity index (χ3v) is 3.68. The largest absolute Gasteiger partial charge is 0.352 e. The van der Waals surface area contributed by atoms with Crippen LogP contribution in [0.5, 0.6) is 0 Å². The molecule has 0 bridgehead atoms. The lowest BCUT2D eigenvalue weighted by molar-refractivity contribution is 0.248. The van der Waals surface area contributed by atoms with E-state index in [-0.39, 0.29) is 0 Å². The predicted octanol–water partition coefficient (Wildman–Crippen LogP) is 5.47. The summed E-state index contributed by atoms with van der Waals surface area (Å²) in [6, 6.07) is -0.414. The molecule has 128 valence electrons. The molecule has 0 aliphatic carbocycles. The Hall–Kier alpha value is -1.25. The molecule has 0 aromatic heterocycles. The number of hydrogen-bond donors (Lipinski definition) is 2. The van der Waals surface area contributed by atoms with Gasteiger partial charge < -0.3 is 11.1 Å². The molecule has 0 fully saturated rings. The molecule has 0 atom stereocenters. The van der Waals surface area contributed by atoms with Gasteiger partial charge in [0.15, 0.2) is 0 Å². The van der Waals surface area contributed by atoms with Crippen molar-refractivity contribution in [1.29, 1.82) is 0 Å². The van der Waals surface area contributed by atoms with Crippen molar-refractivity contribution in [1.82, 2.24) is 5.32 Å². The van der Waals surface area contributed by atoms with E-state index in [1.165, 1.54) is 64.2 Å². The van der Waals surface area contributed by atoms with Crippen LogP contribution < -0.4 is 11.1 Å². The van der Waals surface area contributed by atoms with Crippen LogP contribution in [0.25, 0.3) is 0 Å². The molecule has 3 nitrogen and oxygen atoms in total. The molecule has 0 aliphatic rings. The highest BCUT2D eigenvalue weighted by molar-refractivity contribution is 5.71. The first-order valence-electron chi connectivity index (χ1n) is 9.10. The standard InChI is InChI=1S/C19H36N2O/c1-2-3-4-5-6-7-8-9-10-11-12-13-14-15-16-17-18-21-19(20)22/h6-7,9-10H,2-5,8,11-18H2,1H3,(H3,20,21,22)/b7-6-,10-9-. The number of carbonyl (C=O) groups is 1. The number of nitrogens with two attached hydrogens (primary N) is 1. The number of hydrogen-bond acceptors (Lipinski definition) is 1. The molecular formula is C19H36N2O. The quantitative estimate of drug-likeness (QED) is 0.306. The van der Waals surface area contributed by atoms with Gasteiger partial charge in [0.1, 0.15) is 0 Å². The van der Waals surface area contributed by atoms with Gasteiger partial charge in [0.25, 0.3) is 0 Å². The third kappa shape index (κ3) is 18.8. The minimum atomic E-state index is -0.414. The topological polar surface area (TPSA) is 55.1 Å². The number of amides is 2. The molecule has 0 aromatic carbocycles. The van der Waals surface area contributed by atoms with Crippen LogP contribution in [0.4, 0.5) is 4.79 Å². The molecule has 22 heavy (non-hydrogen) atoms. The van der Waals surface area contributed by atoms with Gasteiger partial charge in [-0.3, -0.25) is 0 Å². The average Bonchev–Trinajstić information content (AvgIpc) is 2.50. The molecule has 0 radical (unpaired) electrons. The van der Waals surface area contributed by atoms with Crippen molar-refractivity contribution in [3.05, 3.63) is 24.3 Å². The number of unbranched alkanes of at least 4 members (excludes halogenated alkanes) is 9. The van der Waals surface area contributed by atoms with Crippen molar-refractivity contribution in [3.63, 3.8) is 0 Å². The number of rotatable bonds is 15. The maximum absolute atomic E-state index is 10.5. The molecule has 3 N–H and O–H groups in total. The zero-order valence-electron chi connectivity index (χ0n) is 14.5. The first-order chi connectivity index (χ1) is 10.8. The summed E-state index contributed by atoms with van der Waals surface area (Å²) in [4.78, 5) is 10.5. The van der Waals surface area contributed by atoms with Gasteiger partial charge in [-0.1, -0.05) is 69.8 Å². The molecule has 3 heteroatoms. The highest BCUT2D eigenvalue weighted by atomic mass is 16.2. The monoisotopic (exact) mass is 308 g/mol. The first kappa shape index (κ1) is 20.8. The minimum Gasteiger partial charge on any atom is -0.352 e. The van der Waals surface area contributed by atoms with Crippen LogP contribution in [0.1, 0.15) is 84.0 Å². The molecule has 0 saturated carbocycles. The SMILES string of the molecule is CCCCC/C=C\C/C=C\CCCCCCCCNC(N)=O. The molecule has 0 unspecified atom stereocenters. The molecule has 0 aromatic rings. The number of carbonyl (C=O) groups excluding carboxylic acids is 1. The molecule has 0 rings (SSSR count). The van der Waals surface area contributed by atoms with Crippen molar-refractivity contribution in [2.45, 2.75) is 84.0 Å². The van der Waals surface area contributed by atoms with Crippen molar-refractivity contribution >= 4 is 6.03 Å². The van der Waals surface area contributed by atoms with Gasteiger partial charge in [-0.2, -0.15) is 0 Å². The Morgan fingerprint density at radius 3 is 1.95 bits per heavy atom. The van der Waals surface area contributed by atoms with Crippen molar-refractivity contribution < 1.29 is 4.79 Å². The van der Waals surface area contributed by atoms with Gasteiger partial charge >= 0.3 is 6.03 Å². The lowest BCUT2D eigenvalue weighted by Gasteiger charge is -2.01. The van der Waals surface area contributed by atoms with Crippen molar-refractivity contribution in [2.24, 2.45) is 5.73 Å². The van der Waals surface area contributed by atoms with E-state index in [0.717, 1.165) is 12.8 Å². The van der Waals surface area contributed by atoms with Gasteiger partial charge in [0.2, 0.25) is 0 Å². The maximum atomic E-state index is 10.5. The summed E-state index contributed by atoms with van der Waals surface area (Å²) < 4.78 is 0. The normalized spacial score (nSPS) is 11.5. The second-order valence-corrected chi connectivity index (χ2v) is 5.88. The van der Waals surface area contributed by atoms with Crippen LogP contribution in [0.2, 0.25) is 0 Å². The number of allylic oxidation sites excluding steroid dienone is 4. The van der Waals surface area contributed by atoms with E-state index >= 15 is 0 Å². The maximum Gasteiger partial charge on any atom is 0.312 e. The van der Waals surface area contributed by atoms with E-state index < -0.39 is 6.03 Å². The van der Waals surface area contributed by atoms with E-state index in [2.05, 4.69) is 36.5 Å². The Bertz CT molecular complexity index is 298. The Kier molecular flexibility index (Phi) is 16.8. The molecule has 0 heterocycles. The fraction of sp³-hybridized carbons (Fsp3) is 0.737. The molecule has 0 spiro atoms. The van der Waals surface area contributed by atoms with Gasteiger partial charge in [0.05, 0.1) is 0 Å². The van der Waals surface area contributed by atoms with Crippen LogP contribution in [0.15, 0.2) is 24.3 Å². The second-order valence-electron chi connectivity index (χ2n) is 5.88. The lowest BCUT2D eigenvalue weighted by atomic mass is 10.1. The minimum absolute atomic E-state index is 0.414. The summed E-state index contributed by atoms with van der Waals surface area (Å²) in [5.74, 6) is 0. The molecule has 0 aliphatic heterocycles. The van der Waals surface area contributed by atoms with Crippen LogP contribution in [0, 0.1) is 0 Å². The van der Waals surface area contributed by atoms with Crippen molar-refractivity contribution in [2.75, 3.05) is 6.54 Å². The number of urea groups is 1. The average molecular weight is 309 g/mol. The smallest absolute Gasteiger partial charge is 0.312 e. The highest BCUT2D eigenvalue weighted by Gasteiger charge is 1.92. The fourth-order valence-corrected chi connectivity index (χ4v) is 2.32. The van der Waals surface area contributed by atoms with Crippen LogP contribution in [0.3, 0.4) is 0 Å². The summed E-state index contributed by atoms with van der Waals surface area (Å²) in [7, 11) is 0. The zero-order chi connectivity index (χ0) is 16.3. The van der Waals surface area contributed by atoms with Gasteiger partial charge in [-0.15, -0.1) is 0 Å². The van der Waals surface area contributed by atoms with Crippen molar-refractivity contribution in [3.8, 4) is 0 Å². The van der Waals surface area contributed by atoms with Crippen LogP contribution in [-0.4, -0.2) is 12.6 Å². The van der Waals surface area contributed by atoms with Gasteiger partial charge in [-0.25, -0.2) is 4.79 Å². The summed E-state index contributed by atoms with van der Waals surface area (Å²) in [5, 5.41) is 2.62. The number of primary amides is 1. The Morgan fingerprint density at radius 1 is 0.818 bits per heavy atom. The van der Waals surface area contributed by atoms with E-state index in [4.69, 9.17) is 5.73 Å². The molecule has 0 saturated heterocycles. The summed E-state index contributed by atoms with van der Waals surface area (Å²) >= 11 is 0. The zero-order valence-corrected chi connectivity index (χ0v) is 14.5. The first-order valence-corrected chi connectivity index (χ1v) is 9.10. The summed E-state index contributed by atoms with van der Waals surface area (Å²) in [5.41, 5.74) is 5.00. The summed E-state index contributed by atoms with van der Waals surface area (Å²) in [6.07, 6.45) is 24.0.